The van der Waals surface area contributed by atoms with Gasteiger partial charge in [0, 0.05) is 17.8 Å². The van der Waals surface area contributed by atoms with Crippen molar-refractivity contribution < 1.29 is 19.1 Å². The predicted molar refractivity (Wildman–Crippen MR) is 80.8 cm³/mol. The Morgan fingerprint density at radius 2 is 1.86 bits per heavy atom. The van der Waals surface area contributed by atoms with Gasteiger partial charge in [-0.25, -0.2) is 0 Å². The maximum absolute atomic E-state index is 12.0. The quantitative estimate of drug-likeness (QED) is 0.820. The summed E-state index contributed by atoms with van der Waals surface area (Å²) < 4.78 is 10.4. The number of carbonyl (C=O) groups excluding carboxylic acids is 2. The number of ether oxygens (including phenoxy) is 2. The van der Waals surface area contributed by atoms with E-state index in [1.165, 1.54) is 6.42 Å². The van der Waals surface area contributed by atoms with Crippen LogP contribution in [0.4, 0.5) is 5.69 Å². The summed E-state index contributed by atoms with van der Waals surface area (Å²) in [7, 11) is 0. The van der Waals surface area contributed by atoms with E-state index in [9.17, 15) is 9.59 Å². The van der Waals surface area contributed by atoms with Crippen LogP contribution in [-0.2, 0) is 9.59 Å². The highest BCUT2D eigenvalue weighted by Gasteiger charge is 2.25. The molecule has 1 saturated carbocycles. The molecule has 2 N–H and O–H groups in total. The van der Waals surface area contributed by atoms with E-state index in [0.717, 1.165) is 19.3 Å². The van der Waals surface area contributed by atoms with Crippen molar-refractivity contribution in [1.82, 2.24) is 5.32 Å². The van der Waals surface area contributed by atoms with Gasteiger partial charge in [-0.1, -0.05) is 19.8 Å². The van der Waals surface area contributed by atoms with E-state index < -0.39 is 11.8 Å². The van der Waals surface area contributed by atoms with Gasteiger partial charge in [0.05, 0.1) is 0 Å². The summed E-state index contributed by atoms with van der Waals surface area (Å²) in [4.78, 5) is 24.0. The lowest BCUT2D eigenvalue weighted by atomic mass is 9.86. The van der Waals surface area contributed by atoms with Gasteiger partial charge in [0.1, 0.15) is 0 Å². The van der Waals surface area contributed by atoms with E-state index in [1.54, 1.807) is 18.2 Å². The summed E-state index contributed by atoms with van der Waals surface area (Å²) >= 11 is 0. The molecule has 6 heteroatoms. The van der Waals surface area contributed by atoms with E-state index >= 15 is 0 Å². The Balaban J connectivity index is 1.58. The largest absolute Gasteiger partial charge is 0.454 e. The summed E-state index contributed by atoms with van der Waals surface area (Å²) in [5.74, 6) is 0.377. The highest BCUT2D eigenvalue weighted by atomic mass is 16.7. The summed E-state index contributed by atoms with van der Waals surface area (Å²) in [6, 6.07) is 5.13. The average Bonchev–Trinajstić information content (AvgIpc) is 2.97. The van der Waals surface area contributed by atoms with Gasteiger partial charge in [-0.15, -0.1) is 0 Å². The topological polar surface area (TPSA) is 76.7 Å². The molecule has 1 aliphatic heterocycles. The minimum atomic E-state index is -0.656. The van der Waals surface area contributed by atoms with Gasteiger partial charge in [0.2, 0.25) is 6.79 Å². The van der Waals surface area contributed by atoms with Gasteiger partial charge in [-0.05, 0) is 30.9 Å². The zero-order valence-corrected chi connectivity index (χ0v) is 12.6. The normalized spacial score (nSPS) is 23.0. The first-order valence-corrected chi connectivity index (χ1v) is 7.65. The van der Waals surface area contributed by atoms with Gasteiger partial charge in [0.15, 0.2) is 11.5 Å². The molecule has 1 aromatic rings. The van der Waals surface area contributed by atoms with Crippen LogP contribution in [0.5, 0.6) is 11.5 Å². The third-order valence-electron chi connectivity index (χ3n) is 4.26. The lowest BCUT2D eigenvalue weighted by Crippen LogP contribution is -2.45. The number of anilines is 1. The molecule has 6 nitrogen and oxygen atoms in total. The van der Waals surface area contributed by atoms with Gasteiger partial charge < -0.3 is 20.1 Å². The Kier molecular flexibility index (Phi) is 4.18. The second-order valence-electron chi connectivity index (χ2n) is 5.86. The molecule has 0 radical (unpaired) electrons. The Labute approximate surface area is 129 Å². The number of hydrogen-bond acceptors (Lipinski definition) is 4. The first-order chi connectivity index (χ1) is 10.6. The molecule has 1 aliphatic carbocycles. The molecule has 0 unspecified atom stereocenters. The van der Waals surface area contributed by atoms with Gasteiger partial charge in [-0.2, -0.15) is 0 Å². The third kappa shape index (κ3) is 3.16. The molecule has 0 aromatic heterocycles. The van der Waals surface area contributed by atoms with Crippen molar-refractivity contribution in [3.05, 3.63) is 18.2 Å². The van der Waals surface area contributed by atoms with Gasteiger partial charge in [0.25, 0.3) is 0 Å². The summed E-state index contributed by atoms with van der Waals surface area (Å²) in [5, 5.41) is 5.42. The van der Waals surface area contributed by atoms with Crippen LogP contribution in [0, 0.1) is 5.92 Å². The van der Waals surface area contributed by atoms with Gasteiger partial charge in [-0.3, -0.25) is 9.59 Å². The number of carbonyl (C=O) groups is 2. The molecular formula is C16H20N2O4. The molecule has 2 amide bonds. The predicted octanol–water partition coefficient (Wildman–Crippen LogP) is 2.05. The SMILES string of the molecule is C[C@H]1CCCC[C@@H]1NC(=O)C(=O)Nc1ccc2c(c1)OCO2. The van der Waals surface area contributed by atoms with Crippen LogP contribution >= 0.6 is 0 Å². The Morgan fingerprint density at radius 3 is 2.68 bits per heavy atom. The maximum atomic E-state index is 12.0. The number of nitrogens with one attached hydrogen (secondary N) is 2. The fourth-order valence-electron chi connectivity index (χ4n) is 2.93. The van der Waals surface area contributed by atoms with Crippen LogP contribution in [0.1, 0.15) is 32.6 Å². The van der Waals surface area contributed by atoms with Crippen LogP contribution in [-0.4, -0.2) is 24.6 Å². The van der Waals surface area contributed by atoms with E-state index in [-0.39, 0.29) is 12.8 Å². The minimum absolute atomic E-state index is 0.0868. The lowest BCUT2D eigenvalue weighted by molar-refractivity contribution is -0.137. The fourth-order valence-corrected chi connectivity index (χ4v) is 2.93. The number of benzene rings is 1. The van der Waals surface area contributed by atoms with Crippen LogP contribution < -0.4 is 20.1 Å². The highest BCUT2D eigenvalue weighted by molar-refractivity contribution is 6.39. The molecule has 0 spiro atoms. The van der Waals surface area contributed by atoms with Crippen LogP contribution in [0.2, 0.25) is 0 Å². The van der Waals surface area contributed by atoms with Crippen molar-refractivity contribution >= 4 is 17.5 Å². The zero-order valence-electron chi connectivity index (χ0n) is 12.6. The smallest absolute Gasteiger partial charge is 0.313 e. The Morgan fingerprint density at radius 1 is 1.09 bits per heavy atom. The molecule has 3 rings (SSSR count). The van der Waals surface area contributed by atoms with Crippen molar-refractivity contribution in [2.45, 2.75) is 38.6 Å². The number of fused-ring (bicyclic) bond motifs is 1. The second-order valence-corrected chi connectivity index (χ2v) is 5.86. The molecule has 1 aromatic carbocycles. The average molecular weight is 304 g/mol. The standard InChI is InChI=1S/C16H20N2O4/c1-10-4-2-3-5-12(10)18-16(20)15(19)17-11-6-7-13-14(8-11)22-9-21-13/h6-8,10,12H,2-5,9H2,1H3,(H,17,19)(H,18,20)/t10-,12-/m0/s1. The molecule has 2 aliphatic rings. The molecule has 1 heterocycles. The first-order valence-electron chi connectivity index (χ1n) is 7.65. The third-order valence-corrected chi connectivity index (χ3v) is 4.26. The lowest BCUT2D eigenvalue weighted by Gasteiger charge is -2.29. The van der Waals surface area contributed by atoms with E-state index in [4.69, 9.17) is 9.47 Å². The van der Waals surface area contributed by atoms with E-state index in [1.807, 2.05) is 0 Å². The van der Waals surface area contributed by atoms with Crippen molar-refractivity contribution in [3.8, 4) is 11.5 Å². The zero-order chi connectivity index (χ0) is 15.5. The highest BCUT2D eigenvalue weighted by Crippen LogP contribution is 2.34. The molecule has 0 bridgehead atoms. The van der Waals surface area contributed by atoms with Crippen molar-refractivity contribution in [2.75, 3.05) is 12.1 Å². The molecule has 2 atom stereocenters. The van der Waals surface area contributed by atoms with Crippen LogP contribution in [0.15, 0.2) is 18.2 Å². The number of hydrogen-bond donors (Lipinski definition) is 2. The van der Waals surface area contributed by atoms with Crippen LogP contribution in [0.3, 0.4) is 0 Å². The Bertz CT molecular complexity index is 588. The molecule has 118 valence electrons. The molecule has 1 fully saturated rings. The van der Waals surface area contributed by atoms with Crippen molar-refractivity contribution in [3.63, 3.8) is 0 Å². The van der Waals surface area contributed by atoms with Crippen molar-refractivity contribution in [2.24, 2.45) is 5.92 Å². The van der Waals surface area contributed by atoms with Gasteiger partial charge >= 0.3 is 11.8 Å². The summed E-state index contributed by atoms with van der Waals surface area (Å²) in [6.07, 6.45) is 4.31. The summed E-state index contributed by atoms with van der Waals surface area (Å²) in [5.41, 5.74) is 0.515. The summed E-state index contributed by atoms with van der Waals surface area (Å²) in [6.45, 7) is 2.28. The molecule has 0 saturated heterocycles. The van der Waals surface area contributed by atoms with E-state index in [2.05, 4.69) is 17.6 Å². The number of rotatable bonds is 2. The monoisotopic (exact) mass is 304 g/mol. The maximum Gasteiger partial charge on any atom is 0.313 e. The fraction of sp³-hybridized carbons (Fsp3) is 0.500. The minimum Gasteiger partial charge on any atom is -0.454 e. The first kappa shape index (κ1) is 14.7. The molecular weight excluding hydrogens is 284 g/mol. The van der Waals surface area contributed by atoms with E-state index in [0.29, 0.717) is 23.1 Å². The molecule has 22 heavy (non-hydrogen) atoms. The second kappa shape index (κ2) is 6.25. The van der Waals surface area contributed by atoms with Crippen molar-refractivity contribution in [1.29, 1.82) is 0 Å². The van der Waals surface area contributed by atoms with Crippen LogP contribution in [0.25, 0.3) is 0 Å². The Hall–Kier alpha value is -2.24. The number of amides is 2.